The highest BCUT2D eigenvalue weighted by atomic mass is 16.5. The van der Waals surface area contributed by atoms with Crippen molar-refractivity contribution in [2.75, 3.05) is 6.61 Å². The minimum Gasteiger partial charge on any atom is -0.481 e. The lowest BCUT2D eigenvalue weighted by Gasteiger charge is -2.09. The molecule has 1 atom stereocenters. The van der Waals surface area contributed by atoms with E-state index in [9.17, 15) is 14.7 Å². The Balaban J connectivity index is 3.31. The summed E-state index contributed by atoms with van der Waals surface area (Å²) >= 11 is 0. The van der Waals surface area contributed by atoms with E-state index in [-0.39, 0.29) is 6.42 Å². The quantitative estimate of drug-likeness (QED) is 0.0478. The molecule has 0 saturated heterocycles. The van der Waals surface area contributed by atoms with Crippen LogP contribution >= 0.6 is 0 Å². The number of aliphatic carboxylic acids is 1. The van der Waals surface area contributed by atoms with Crippen molar-refractivity contribution in [3.8, 4) is 0 Å². The van der Waals surface area contributed by atoms with Crippen LogP contribution in [-0.4, -0.2) is 23.7 Å². The van der Waals surface area contributed by atoms with Gasteiger partial charge in [0.25, 0.3) is 0 Å². The average molecular weight is 579 g/mol. The molecule has 0 radical (unpaired) electrons. The van der Waals surface area contributed by atoms with E-state index < -0.39 is 17.9 Å². The van der Waals surface area contributed by atoms with Gasteiger partial charge in [0.05, 0.1) is 18.9 Å². The van der Waals surface area contributed by atoms with E-state index in [1.807, 2.05) is 13.0 Å². The molecule has 0 heterocycles. The highest BCUT2D eigenvalue weighted by Gasteiger charge is 2.20. The van der Waals surface area contributed by atoms with Gasteiger partial charge in [-0.25, -0.2) is 0 Å². The summed E-state index contributed by atoms with van der Waals surface area (Å²) in [4.78, 5) is 23.0. The largest absolute Gasteiger partial charge is 0.481 e. The molecule has 4 heteroatoms. The molecule has 0 amide bonds. The van der Waals surface area contributed by atoms with Crippen LogP contribution in [0, 0.1) is 5.92 Å². The first kappa shape index (κ1) is 39.7. The summed E-state index contributed by atoms with van der Waals surface area (Å²) in [6.07, 6.45) is 41.3. The summed E-state index contributed by atoms with van der Waals surface area (Å²) in [5.41, 5.74) is 0. The maximum absolute atomic E-state index is 11.7. The number of hydrogen-bond acceptors (Lipinski definition) is 3. The Bertz CT molecular complexity index is 585. The zero-order valence-electron chi connectivity index (χ0n) is 27.6. The van der Waals surface area contributed by atoms with Crippen molar-refractivity contribution in [3.05, 3.63) is 12.2 Å². The Hall–Kier alpha value is -1.32. The maximum atomic E-state index is 11.7. The van der Waals surface area contributed by atoms with Crippen molar-refractivity contribution in [3.63, 3.8) is 0 Å². The lowest BCUT2D eigenvalue weighted by Crippen LogP contribution is -2.19. The number of ether oxygens (including phenoxy) is 1. The fourth-order valence-electron chi connectivity index (χ4n) is 5.53. The van der Waals surface area contributed by atoms with Gasteiger partial charge in [0.1, 0.15) is 0 Å². The van der Waals surface area contributed by atoms with Crippen molar-refractivity contribution in [2.45, 2.75) is 200 Å². The van der Waals surface area contributed by atoms with Gasteiger partial charge < -0.3 is 9.84 Å². The van der Waals surface area contributed by atoms with Crippen LogP contribution in [0.1, 0.15) is 200 Å². The van der Waals surface area contributed by atoms with Gasteiger partial charge in [-0.05, 0) is 25.7 Å². The number of carbonyl (C=O) groups excluding carboxylic acids is 1. The maximum Gasteiger partial charge on any atom is 0.307 e. The minimum absolute atomic E-state index is 0.0425. The van der Waals surface area contributed by atoms with Crippen molar-refractivity contribution in [1.82, 2.24) is 0 Å². The highest BCUT2D eigenvalue weighted by molar-refractivity contribution is 5.78. The van der Waals surface area contributed by atoms with Gasteiger partial charge in [0.2, 0.25) is 0 Å². The van der Waals surface area contributed by atoms with Crippen LogP contribution in [0.3, 0.4) is 0 Å². The Kier molecular flexibility index (Phi) is 32.1. The molecule has 0 saturated carbocycles. The molecule has 0 aromatic rings. The monoisotopic (exact) mass is 579 g/mol. The molecule has 0 aromatic carbocycles. The van der Waals surface area contributed by atoms with E-state index in [0.29, 0.717) is 13.0 Å². The Labute approximate surface area is 255 Å². The van der Waals surface area contributed by atoms with Crippen molar-refractivity contribution < 1.29 is 19.4 Å². The fourth-order valence-corrected chi connectivity index (χ4v) is 5.53. The molecule has 0 aromatic heterocycles. The SMILES string of the molecule is CCCCCCCCCCCCCCCCCCCCCCCCCCC/C=C/CC(CC(=O)OCCC)C(=O)O. The van der Waals surface area contributed by atoms with Crippen LogP contribution in [0.15, 0.2) is 12.2 Å². The molecule has 0 spiro atoms. The summed E-state index contributed by atoms with van der Waals surface area (Å²) in [6, 6.07) is 0. The summed E-state index contributed by atoms with van der Waals surface area (Å²) in [7, 11) is 0. The number of carboxylic acids is 1. The van der Waals surface area contributed by atoms with Crippen LogP contribution in [-0.2, 0) is 14.3 Å². The van der Waals surface area contributed by atoms with Crippen molar-refractivity contribution in [1.29, 1.82) is 0 Å². The van der Waals surface area contributed by atoms with Gasteiger partial charge in [-0.1, -0.05) is 180 Å². The van der Waals surface area contributed by atoms with Crippen molar-refractivity contribution >= 4 is 11.9 Å². The predicted molar refractivity (Wildman–Crippen MR) is 176 cm³/mol. The third-order valence-corrected chi connectivity index (χ3v) is 8.29. The molecular formula is C37H70O4. The van der Waals surface area contributed by atoms with Gasteiger partial charge in [-0.3, -0.25) is 9.59 Å². The number of hydrogen-bond donors (Lipinski definition) is 1. The number of allylic oxidation sites excluding steroid dienone is 2. The van der Waals surface area contributed by atoms with Crippen LogP contribution in [0.4, 0.5) is 0 Å². The molecule has 0 bridgehead atoms. The van der Waals surface area contributed by atoms with E-state index in [0.717, 1.165) is 19.3 Å². The summed E-state index contributed by atoms with van der Waals surface area (Å²) in [5.74, 6) is -2.01. The number of rotatable bonds is 33. The van der Waals surface area contributed by atoms with Crippen LogP contribution in [0.25, 0.3) is 0 Å². The smallest absolute Gasteiger partial charge is 0.307 e. The lowest BCUT2D eigenvalue weighted by molar-refractivity contribution is -0.151. The zero-order valence-corrected chi connectivity index (χ0v) is 27.6. The second-order valence-corrected chi connectivity index (χ2v) is 12.4. The molecular weight excluding hydrogens is 508 g/mol. The first-order valence-electron chi connectivity index (χ1n) is 18.1. The second-order valence-electron chi connectivity index (χ2n) is 12.4. The van der Waals surface area contributed by atoms with E-state index >= 15 is 0 Å². The highest BCUT2D eigenvalue weighted by Crippen LogP contribution is 2.16. The van der Waals surface area contributed by atoms with E-state index in [4.69, 9.17) is 4.74 Å². The summed E-state index contributed by atoms with van der Waals surface area (Å²) in [6.45, 7) is 4.58. The van der Waals surface area contributed by atoms with Gasteiger partial charge in [-0.2, -0.15) is 0 Å². The standard InChI is InChI=1S/C37H70O4/c1-3-5-6-7-8-9-10-11-12-13-14-15-16-17-18-19-20-21-22-23-24-25-26-27-28-29-30-31-32-35(37(39)40)34-36(38)41-33-4-2/h30-31,35H,3-29,32-34H2,1-2H3,(H,39,40)/b31-30+. The number of carbonyl (C=O) groups is 2. The molecule has 242 valence electrons. The number of carboxylic acid groups (broad SMARTS) is 1. The molecule has 1 unspecified atom stereocenters. The molecule has 0 fully saturated rings. The topological polar surface area (TPSA) is 63.6 Å². The first-order chi connectivity index (χ1) is 20.1. The van der Waals surface area contributed by atoms with E-state index in [1.54, 1.807) is 0 Å². The Morgan fingerprint density at radius 1 is 0.537 bits per heavy atom. The molecule has 0 rings (SSSR count). The van der Waals surface area contributed by atoms with Crippen LogP contribution in [0.5, 0.6) is 0 Å². The Morgan fingerprint density at radius 2 is 0.902 bits per heavy atom. The molecule has 0 aliphatic heterocycles. The Morgan fingerprint density at radius 3 is 1.24 bits per heavy atom. The van der Waals surface area contributed by atoms with Gasteiger partial charge >= 0.3 is 11.9 Å². The van der Waals surface area contributed by atoms with Gasteiger partial charge in [-0.15, -0.1) is 0 Å². The molecule has 4 nitrogen and oxygen atoms in total. The average Bonchev–Trinajstić information content (AvgIpc) is 2.96. The van der Waals surface area contributed by atoms with Crippen LogP contribution in [0.2, 0.25) is 0 Å². The zero-order chi connectivity index (χ0) is 30.1. The first-order valence-corrected chi connectivity index (χ1v) is 18.1. The van der Waals surface area contributed by atoms with Gasteiger partial charge in [0.15, 0.2) is 0 Å². The van der Waals surface area contributed by atoms with Crippen molar-refractivity contribution in [2.24, 2.45) is 5.92 Å². The molecule has 41 heavy (non-hydrogen) atoms. The third kappa shape index (κ3) is 31.4. The normalized spacial score (nSPS) is 12.2. The lowest BCUT2D eigenvalue weighted by atomic mass is 10.0. The van der Waals surface area contributed by atoms with Crippen LogP contribution < -0.4 is 0 Å². The molecule has 0 aliphatic rings. The summed E-state index contributed by atoms with van der Waals surface area (Å²) in [5, 5.41) is 9.31. The minimum atomic E-state index is -0.923. The summed E-state index contributed by atoms with van der Waals surface area (Å²) < 4.78 is 5.01. The molecule has 1 N–H and O–H groups in total. The predicted octanol–water partition coefficient (Wildman–Crippen LogP) is 12.1. The third-order valence-electron chi connectivity index (χ3n) is 8.29. The van der Waals surface area contributed by atoms with Gasteiger partial charge in [0, 0.05) is 0 Å². The van der Waals surface area contributed by atoms with E-state index in [2.05, 4.69) is 13.0 Å². The van der Waals surface area contributed by atoms with E-state index in [1.165, 1.54) is 154 Å². The fraction of sp³-hybridized carbons (Fsp3) is 0.892. The number of esters is 1. The second kappa shape index (κ2) is 33.2. The number of unbranched alkanes of at least 4 members (excludes halogenated alkanes) is 25. The molecule has 0 aliphatic carbocycles.